The summed E-state index contributed by atoms with van der Waals surface area (Å²) in [4.78, 5) is 26.5. The third-order valence-corrected chi connectivity index (χ3v) is 10.3. The number of anilines is 1. The third kappa shape index (κ3) is 2.92. The number of benzene rings is 2. The molecular formula is C26H30N3O6S+. The van der Waals surface area contributed by atoms with E-state index < -0.39 is 45.9 Å². The zero-order valence-electron chi connectivity index (χ0n) is 20.7. The number of hydrogen-bond donors (Lipinski definition) is 2. The quantitative estimate of drug-likeness (QED) is 0.476. The zero-order valence-corrected chi connectivity index (χ0v) is 21.5. The van der Waals surface area contributed by atoms with Gasteiger partial charge < -0.3 is 19.6 Å². The Hall–Kier alpha value is -2.95. The number of nitrogens with zero attached hydrogens (tertiary/aromatic N) is 3. The third-order valence-electron chi connectivity index (χ3n) is 8.54. The molecule has 0 aliphatic carbocycles. The number of rotatable bonds is 4. The van der Waals surface area contributed by atoms with Gasteiger partial charge in [0.1, 0.15) is 12.2 Å². The number of quaternary nitrogens is 1. The molecule has 0 saturated carbocycles. The van der Waals surface area contributed by atoms with Gasteiger partial charge in [-0.05, 0) is 35.6 Å². The Morgan fingerprint density at radius 3 is 2.67 bits per heavy atom. The smallest absolute Gasteiger partial charge is 0.352 e. The minimum absolute atomic E-state index is 0.155. The van der Waals surface area contributed by atoms with Gasteiger partial charge in [0.15, 0.2) is 0 Å². The normalized spacial score (nSPS) is 28.2. The minimum atomic E-state index is -3.94. The maximum Gasteiger partial charge on any atom is 0.352 e. The summed E-state index contributed by atoms with van der Waals surface area (Å²) in [5.74, 6) is -2.80. The van der Waals surface area contributed by atoms with E-state index in [4.69, 9.17) is 0 Å². The van der Waals surface area contributed by atoms with Gasteiger partial charge in [0, 0.05) is 23.3 Å². The molecule has 1 amide bonds. The molecule has 0 spiro atoms. The Kier molecular flexibility index (Phi) is 4.76. The molecule has 190 valence electrons. The number of hydrogen-bond acceptors (Lipinski definition) is 5. The number of β-lactam (4-membered cyclic amide) rings is 1. The number of amides is 1. The van der Waals surface area contributed by atoms with E-state index in [9.17, 15) is 28.2 Å². The lowest BCUT2D eigenvalue weighted by atomic mass is 9.78. The van der Waals surface area contributed by atoms with Crippen LogP contribution >= 0.6 is 0 Å². The first kappa shape index (κ1) is 23.4. The zero-order chi connectivity index (χ0) is 25.9. The average molecular weight is 513 g/mol. The molecule has 36 heavy (non-hydrogen) atoms. The highest BCUT2D eigenvalue weighted by molar-refractivity contribution is 7.93. The molecule has 4 aliphatic rings. The number of fused-ring (bicyclic) bond motifs is 3. The maximum absolute atomic E-state index is 13.9. The molecule has 2 N–H and O–H groups in total. The van der Waals surface area contributed by atoms with Crippen molar-refractivity contribution >= 4 is 38.4 Å². The van der Waals surface area contributed by atoms with Gasteiger partial charge in [0.2, 0.25) is 5.91 Å². The first-order valence-electron chi connectivity index (χ1n) is 12.2. The molecule has 4 atom stereocenters. The summed E-state index contributed by atoms with van der Waals surface area (Å²) in [6.45, 7) is 4.88. The van der Waals surface area contributed by atoms with E-state index in [1.54, 1.807) is 19.1 Å². The van der Waals surface area contributed by atoms with Gasteiger partial charge >= 0.3 is 5.97 Å². The molecular weight excluding hydrogens is 482 g/mol. The second-order valence-corrected chi connectivity index (χ2v) is 13.1. The summed E-state index contributed by atoms with van der Waals surface area (Å²) in [5, 5.41) is 21.8. The lowest BCUT2D eigenvalue weighted by molar-refractivity contribution is -0.905. The monoisotopic (exact) mass is 512 g/mol. The van der Waals surface area contributed by atoms with Crippen molar-refractivity contribution in [1.82, 2.24) is 4.90 Å². The van der Waals surface area contributed by atoms with Crippen LogP contribution in [0.5, 0.6) is 0 Å². The average Bonchev–Trinajstić information content (AvgIpc) is 3.15. The van der Waals surface area contributed by atoms with Gasteiger partial charge in [-0.15, -0.1) is 0 Å². The summed E-state index contributed by atoms with van der Waals surface area (Å²) in [6, 6.07) is 6.92. The summed E-state index contributed by atoms with van der Waals surface area (Å²) < 4.78 is 29.9. The van der Waals surface area contributed by atoms with Gasteiger partial charge in [-0.3, -0.25) is 9.10 Å². The lowest BCUT2D eigenvalue weighted by Gasteiger charge is -2.46. The molecule has 0 aromatic heterocycles. The van der Waals surface area contributed by atoms with Gasteiger partial charge in [0.25, 0.3) is 10.0 Å². The van der Waals surface area contributed by atoms with E-state index in [0.717, 1.165) is 34.9 Å². The second kappa shape index (κ2) is 7.30. The van der Waals surface area contributed by atoms with Crippen molar-refractivity contribution in [3.05, 3.63) is 46.7 Å². The molecule has 1 fully saturated rings. The molecule has 0 unspecified atom stereocenters. The Balaban J connectivity index is 1.48. The van der Waals surface area contributed by atoms with Gasteiger partial charge in [-0.2, -0.15) is 0 Å². The molecule has 9 nitrogen and oxygen atoms in total. The van der Waals surface area contributed by atoms with Crippen molar-refractivity contribution in [3.8, 4) is 0 Å². The maximum atomic E-state index is 13.9. The Morgan fingerprint density at radius 1 is 1.28 bits per heavy atom. The number of carboxylic acid groups (broad SMARTS) is 1. The predicted molar refractivity (Wildman–Crippen MR) is 132 cm³/mol. The van der Waals surface area contributed by atoms with Crippen LogP contribution in [0.25, 0.3) is 10.8 Å². The van der Waals surface area contributed by atoms with Crippen LogP contribution in [0.15, 0.2) is 40.4 Å². The van der Waals surface area contributed by atoms with Crippen molar-refractivity contribution in [2.45, 2.75) is 43.9 Å². The van der Waals surface area contributed by atoms with Crippen LogP contribution in [-0.4, -0.2) is 79.2 Å². The highest BCUT2D eigenvalue weighted by Gasteiger charge is 2.60. The molecule has 4 aliphatic heterocycles. The molecule has 6 rings (SSSR count). The largest absolute Gasteiger partial charge is 0.477 e. The van der Waals surface area contributed by atoms with E-state index in [1.807, 2.05) is 12.1 Å². The van der Waals surface area contributed by atoms with Crippen molar-refractivity contribution < 1.29 is 32.7 Å². The Bertz CT molecular complexity index is 1510. The van der Waals surface area contributed by atoms with Gasteiger partial charge in [-0.1, -0.05) is 19.1 Å². The molecule has 2 aromatic rings. The predicted octanol–water partition coefficient (Wildman–Crippen LogP) is 1.68. The number of sulfonamides is 1. The van der Waals surface area contributed by atoms with Crippen molar-refractivity contribution in [1.29, 1.82) is 0 Å². The van der Waals surface area contributed by atoms with E-state index in [2.05, 4.69) is 14.1 Å². The van der Waals surface area contributed by atoms with Crippen LogP contribution in [0.2, 0.25) is 0 Å². The standard InChI is InChI=1S/C26H29N3O6S/c1-13-18(24(26(32)33)28-23(13)21(14(2)30)25(28)31)11-27-19-7-5-6-17-16-8-9-29(3,4)12-15(16)10-20(22(17)19)36(27,34)35/h5-7,10,13-14,21,23,30H,8-9,11-12H2,1-4H3/p+1/t13-,14+,21+,23+/m0/s1. The first-order valence-corrected chi connectivity index (χ1v) is 13.7. The molecule has 4 heterocycles. The fraction of sp³-hybridized carbons (Fsp3) is 0.462. The number of carbonyl (C=O) groups excluding carboxylic acids is 1. The van der Waals surface area contributed by atoms with E-state index in [-0.39, 0.29) is 17.1 Å². The van der Waals surface area contributed by atoms with Crippen LogP contribution in [0, 0.1) is 11.8 Å². The fourth-order valence-corrected chi connectivity index (χ4v) is 8.49. The number of carboxylic acids is 1. The number of aliphatic carboxylic acids is 1. The van der Waals surface area contributed by atoms with Crippen molar-refractivity contribution in [3.63, 3.8) is 0 Å². The number of likely N-dealkylation sites (N-methyl/N-ethyl adjacent to an activating group) is 1. The lowest BCUT2D eigenvalue weighted by Crippen LogP contribution is -2.63. The molecule has 1 saturated heterocycles. The molecule has 2 aromatic carbocycles. The Labute approximate surface area is 209 Å². The number of aliphatic hydroxyl groups is 1. The Morgan fingerprint density at radius 2 is 2.00 bits per heavy atom. The summed E-state index contributed by atoms with van der Waals surface area (Å²) in [5.41, 5.74) is 2.98. The van der Waals surface area contributed by atoms with E-state index in [0.29, 0.717) is 16.6 Å². The van der Waals surface area contributed by atoms with E-state index in [1.165, 1.54) is 21.7 Å². The number of aliphatic hydroxyl groups excluding tert-OH is 1. The number of carbonyl (C=O) groups is 2. The van der Waals surface area contributed by atoms with E-state index >= 15 is 0 Å². The minimum Gasteiger partial charge on any atom is -0.477 e. The topological polar surface area (TPSA) is 115 Å². The van der Waals surface area contributed by atoms with Crippen molar-refractivity contribution in [2.24, 2.45) is 11.8 Å². The summed E-state index contributed by atoms with van der Waals surface area (Å²) in [7, 11) is 0.330. The molecule has 0 bridgehead atoms. The van der Waals surface area contributed by atoms with Crippen LogP contribution in [0.1, 0.15) is 25.0 Å². The van der Waals surface area contributed by atoms with Crippen LogP contribution in [0.4, 0.5) is 5.69 Å². The van der Waals surface area contributed by atoms with Crippen LogP contribution in [-0.2, 0) is 32.6 Å². The molecule has 0 radical (unpaired) electrons. The SMILES string of the molecule is C[C@@H](O)[C@H]1C(=O)N2C(C(=O)O)=C(CN3c4cccc5c6c(cc(c45)S3(=O)=O)C[N+](C)(C)CC6)[C@H](C)[C@H]12. The summed E-state index contributed by atoms with van der Waals surface area (Å²) >= 11 is 0. The van der Waals surface area contributed by atoms with Gasteiger partial charge in [0.05, 0.1) is 55.8 Å². The van der Waals surface area contributed by atoms with Crippen molar-refractivity contribution in [2.75, 3.05) is 31.5 Å². The summed E-state index contributed by atoms with van der Waals surface area (Å²) in [6.07, 6.45) is -0.0638. The second-order valence-electron chi connectivity index (χ2n) is 11.2. The first-order chi connectivity index (χ1) is 16.8. The van der Waals surface area contributed by atoms with Crippen LogP contribution in [0.3, 0.4) is 0 Å². The molecule has 10 heteroatoms. The highest BCUT2D eigenvalue weighted by atomic mass is 32.2. The highest BCUT2D eigenvalue weighted by Crippen LogP contribution is 2.50. The van der Waals surface area contributed by atoms with Gasteiger partial charge in [-0.25, -0.2) is 13.2 Å². The fourth-order valence-electron chi connectivity index (χ4n) is 6.77. The van der Waals surface area contributed by atoms with Crippen LogP contribution < -0.4 is 4.31 Å².